The second-order valence-corrected chi connectivity index (χ2v) is 8.85. The zero-order valence-electron chi connectivity index (χ0n) is 15.0. The van der Waals surface area contributed by atoms with E-state index in [2.05, 4.69) is 13.8 Å². The zero-order valence-corrected chi connectivity index (χ0v) is 17.8. The Morgan fingerprint density at radius 2 is 1.42 bits per heavy atom. The first kappa shape index (κ1) is 27.8. The number of aliphatic hydroxyl groups excluding tert-OH is 1. The fourth-order valence-corrected chi connectivity index (χ4v) is 5.27. The zero-order chi connectivity index (χ0) is 19.1. The van der Waals surface area contributed by atoms with E-state index in [0.29, 0.717) is 12.2 Å². The minimum atomic E-state index is -1.55. The van der Waals surface area contributed by atoms with E-state index < -0.39 is 11.9 Å². The van der Waals surface area contributed by atoms with Gasteiger partial charge in [-0.05, 0) is 19.1 Å². The number of hydrogen-bond acceptors (Lipinski definition) is 5. The first-order valence-corrected chi connectivity index (χ1v) is 12.2. The molecule has 0 aliphatic rings. The number of hydrogen-bond donors (Lipinski definition) is 1. The van der Waals surface area contributed by atoms with Gasteiger partial charge in [0.2, 0.25) is 0 Å². The Bertz CT molecular complexity index is 340. The Morgan fingerprint density at radius 1 is 0.958 bits per heavy atom. The number of allylic oxidation sites excluding steroid dienone is 3. The molecule has 0 aromatic carbocycles. The summed E-state index contributed by atoms with van der Waals surface area (Å²) in [5, 5.41) is 27.0. The van der Waals surface area contributed by atoms with Gasteiger partial charge in [-0.15, -0.1) is 0 Å². The van der Waals surface area contributed by atoms with Gasteiger partial charge in [-0.3, -0.25) is 0 Å². The van der Waals surface area contributed by atoms with Crippen LogP contribution in [0.2, 0.25) is 8.87 Å². The summed E-state index contributed by atoms with van der Waals surface area (Å²) in [6.45, 7) is 6.64. The van der Waals surface area contributed by atoms with Crippen molar-refractivity contribution in [2.45, 2.75) is 55.3 Å². The standard InChI is InChI=1S/C6H10O.C4H4O4.2C4H9.Sn/c1-2-3-4-5-6-7;5-3(6)1-2-4(7)8;2*1-3-4-2;/h2-5,7H,6H2,1H3;1-2H,(H,5,6)(H,7,8);2*1,3-4H2,2H3;/q;;;;+2/p-2/b3-2+,5-4+;2-1-;;;. The molecule has 0 fully saturated rings. The third-order valence-electron chi connectivity index (χ3n) is 2.31. The van der Waals surface area contributed by atoms with E-state index in [1.54, 1.807) is 21.0 Å². The van der Waals surface area contributed by atoms with Crippen molar-refractivity contribution in [1.29, 1.82) is 0 Å². The van der Waals surface area contributed by atoms with E-state index in [1.807, 2.05) is 19.1 Å². The second kappa shape index (κ2) is 26.8. The molecule has 0 aromatic heterocycles. The Morgan fingerprint density at radius 3 is 1.71 bits per heavy atom. The molecule has 1 N–H and O–H groups in total. The van der Waals surface area contributed by atoms with E-state index in [9.17, 15) is 19.8 Å². The van der Waals surface area contributed by atoms with Gasteiger partial charge in [0.15, 0.2) is 0 Å². The van der Waals surface area contributed by atoms with Gasteiger partial charge in [0.25, 0.3) is 0 Å². The molecule has 0 rings (SSSR count). The number of rotatable bonds is 10. The van der Waals surface area contributed by atoms with Crippen LogP contribution >= 0.6 is 0 Å². The van der Waals surface area contributed by atoms with Crippen LogP contribution in [0.3, 0.4) is 0 Å². The summed E-state index contributed by atoms with van der Waals surface area (Å²) in [4.78, 5) is 18.8. The van der Waals surface area contributed by atoms with E-state index in [4.69, 9.17) is 5.11 Å². The minimum Gasteiger partial charge on any atom is -0.545 e. The average Bonchev–Trinajstić information content (AvgIpc) is 2.55. The van der Waals surface area contributed by atoms with Crippen molar-refractivity contribution in [2.24, 2.45) is 0 Å². The molecule has 0 unspecified atom stereocenters. The maximum atomic E-state index is 9.41. The van der Waals surface area contributed by atoms with Gasteiger partial charge in [-0.25, -0.2) is 0 Å². The fourth-order valence-electron chi connectivity index (χ4n) is 1.12. The topological polar surface area (TPSA) is 100 Å². The summed E-state index contributed by atoms with van der Waals surface area (Å²) in [7, 11) is 0. The van der Waals surface area contributed by atoms with Gasteiger partial charge in [0, 0.05) is 0 Å². The van der Waals surface area contributed by atoms with Gasteiger partial charge in [0.1, 0.15) is 0 Å². The van der Waals surface area contributed by atoms with Crippen molar-refractivity contribution in [2.75, 3.05) is 6.61 Å². The first-order chi connectivity index (χ1) is 11.5. The van der Waals surface area contributed by atoms with Crippen molar-refractivity contribution >= 4 is 33.1 Å². The van der Waals surface area contributed by atoms with Crippen LogP contribution < -0.4 is 10.2 Å². The molecule has 0 aliphatic carbocycles. The molecule has 0 radical (unpaired) electrons. The number of unbranched alkanes of at least 4 members (excludes halogenated alkanes) is 2. The molecule has 136 valence electrons. The van der Waals surface area contributed by atoms with Crippen molar-refractivity contribution < 1.29 is 24.9 Å². The normalized spacial score (nSPS) is 10.0. The predicted octanol–water partition coefficient (Wildman–Crippen LogP) is 1.28. The third-order valence-corrected chi connectivity index (χ3v) is 6.35. The van der Waals surface area contributed by atoms with Crippen molar-refractivity contribution in [1.82, 2.24) is 0 Å². The van der Waals surface area contributed by atoms with Crippen LogP contribution in [-0.4, -0.2) is 44.8 Å². The largest absolute Gasteiger partial charge is 0.545 e. The first-order valence-electron chi connectivity index (χ1n) is 8.15. The third kappa shape index (κ3) is 42.8. The number of carbonyl (C=O) groups excluding carboxylic acids is 2. The monoisotopic (exact) mass is 446 g/mol. The maximum Gasteiger partial charge on any atom is 0.0643 e. The SMILES string of the molecule is C/C=C/C=C/CO.CCC[CH2][Sn+2][CH2]CCC.O=C([O-])/C=C\C(=O)[O-]. The van der Waals surface area contributed by atoms with Crippen LogP contribution in [0.15, 0.2) is 36.5 Å². The molecule has 5 nitrogen and oxygen atoms in total. The van der Waals surface area contributed by atoms with Crippen LogP contribution in [-0.2, 0) is 9.59 Å². The van der Waals surface area contributed by atoms with Crippen LogP contribution in [0, 0.1) is 0 Å². The molecule has 6 heteroatoms. The van der Waals surface area contributed by atoms with Crippen molar-refractivity contribution in [3.63, 3.8) is 0 Å². The molecular formula is C18H30O5Sn. The van der Waals surface area contributed by atoms with Crippen molar-refractivity contribution in [3.05, 3.63) is 36.5 Å². The Kier molecular flexibility index (Phi) is 31.0. The van der Waals surface area contributed by atoms with Crippen LogP contribution in [0.25, 0.3) is 0 Å². The Labute approximate surface area is 156 Å². The van der Waals surface area contributed by atoms with E-state index in [0.717, 1.165) is 0 Å². The Balaban J connectivity index is -0.000000278. The maximum absolute atomic E-state index is 9.41. The molecule has 0 bridgehead atoms. The molecule has 0 amide bonds. The number of carbonyl (C=O) groups is 2. The molecule has 0 saturated carbocycles. The van der Waals surface area contributed by atoms with Gasteiger partial charge >= 0.3 is 69.5 Å². The molecule has 0 spiro atoms. The van der Waals surface area contributed by atoms with E-state index >= 15 is 0 Å². The van der Waals surface area contributed by atoms with E-state index in [1.165, 1.54) is 25.7 Å². The number of aliphatic carboxylic acids is 2. The summed E-state index contributed by atoms with van der Waals surface area (Å²) in [5.74, 6) is -3.09. The van der Waals surface area contributed by atoms with Crippen LogP contribution in [0.4, 0.5) is 0 Å². The fraction of sp³-hybridized carbons (Fsp3) is 0.556. The van der Waals surface area contributed by atoms with Crippen molar-refractivity contribution in [3.8, 4) is 0 Å². The van der Waals surface area contributed by atoms with E-state index in [-0.39, 0.29) is 27.7 Å². The summed E-state index contributed by atoms with van der Waals surface area (Å²) in [6, 6.07) is 0. The number of carboxylic acid groups (broad SMARTS) is 2. The van der Waals surface area contributed by atoms with Gasteiger partial charge in [0.05, 0.1) is 18.5 Å². The molecule has 0 aromatic rings. The van der Waals surface area contributed by atoms with Crippen LogP contribution in [0.1, 0.15) is 46.5 Å². The number of aliphatic hydroxyl groups is 1. The quantitative estimate of drug-likeness (QED) is 0.237. The van der Waals surface area contributed by atoms with Gasteiger partial charge in [-0.1, -0.05) is 24.3 Å². The molecule has 24 heavy (non-hydrogen) atoms. The molecule has 0 saturated heterocycles. The number of carboxylic acids is 2. The van der Waals surface area contributed by atoms with Crippen LogP contribution in [0.5, 0.6) is 0 Å². The summed E-state index contributed by atoms with van der Waals surface area (Å²) in [5.41, 5.74) is 0. The second-order valence-electron chi connectivity index (χ2n) is 4.57. The predicted molar refractivity (Wildman–Crippen MR) is 95.4 cm³/mol. The summed E-state index contributed by atoms with van der Waals surface area (Å²) in [6.07, 6.45) is 13.9. The molecule has 0 aliphatic heterocycles. The average molecular weight is 445 g/mol. The minimum absolute atomic E-state index is 0.129. The molecular weight excluding hydrogens is 415 g/mol. The molecule has 0 atom stereocenters. The smallest absolute Gasteiger partial charge is 0.0643 e. The summed E-state index contributed by atoms with van der Waals surface area (Å²) >= 11 is 0.149. The van der Waals surface area contributed by atoms with Gasteiger partial charge < -0.3 is 24.9 Å². The Hall–Kier alpha value is -1.08. The molecule has 0 heterocycles. The summed E-state index contributed by atoms with van der Waals surface area (Å²) < 4.78 is 3.25. The van der Waals surface area contributed by atoms with Gasteiger partial charge in [-0.2, -0.15) is 0 Å².